The number of nitrogens with one attached hydrogen (secondary N) is 1. The van der Waals surface area contributed by atoms with Gasteiger partial charge >= 0.3 is 0 Å². The van der Waals surface area contributed by atoms with Crippen LogP contribution in [-0.2, 0) is 19.5 Å². The molecule has 1 unspecified atom stereocenters. The molecule has 1 atom stereocenters. The van der Waals surface area contributed by atoms with Crippen molar-refractivity contribution in [3.63, 3.8) is 0 Å². The average molecular weight is 306 g/mol. The van der Waals surface area contributed by atoms with Gasteiger partial charge in [-0.05, 0) is 56.9 Å². The van der Waals surface area contributed by atoms with Gasteiger partial charge in [0.1, 0.15) is 11.5 Å². The minimum absolute atomic E-state index is 0.510. The van der Waals surface area contributed by atoms with E-state index in [-0.39, 0.29) is 0 Å². The first-order chi connectivity index (χ1) is 10.2. The van der Waals surface area contributed by atoms with E-state index in [1.54, 1.807) is 0 Å². The van der Waals surface area contributed by atoms with Crippen molar-refractivity contribution < 1.29 is 4.42 Å². The molecule has 2 aromatic heterocycles. The van der Waals surface area contributed by atoms with Gasteiger partial charge in [-0.3, -0.25) is 4.90 Å². The quantitative estimate of drug-likeness (QED) is 0.712. The second kappa shape index (κ2) is 8.37. The largest absolute Gasteiger partial charge is 0.463 e. The van der Waals surface area contributed by atoms with Crippen molar-refractivity contribution in [2.45, 2.75) is 45.8 Å². The first-order valence-corrected chi connectivity index (χ1v) is 8.58. The summed E-state index contributed by atoms with van der Waals surface area (Å²) in [5.41, 5.74) is 0. The molecule has 0 spiro atoms. The summed E-state index contributed by atoms with van der Waals surface area (Å²) in [5.74, 6) is 2.07. The Morgan fingerprint density at radius 2 is 2.10 bits per heavy atom. The summed E-state index contributed by atoms with van der Waals surface area (Å²) in [6.07, 6.45) is 2.25. The third kappa shape index (κ3) is 5.30. The third-order valence-corrected chi connectivity index (χ3v) is 4.58. The molecule has 0 aromatic carbocycles. The van der Waals surface area contributed by atoms with Crippen LogP contribution in [-0.4, -0.2) is 24.5 Å². The molecule has 0 saturated carbocycles. The van der Waals surface area contributed by atoms with Crippen LogP contribution in [0.25, 0.3) is 0 Å². The van der Waals surface area contributed by atoms with E-state index in [9.17, 15) is 0 Å². The highest BCUT2D eigenvalue weighted by Gasteiger charge is 2.13. The topological polar surface area (TPSA) is 28.4 Å². The zero-order valence-electron chi connectivity index (χ0n) is 13.3. The summed E-state index contributed by atoms with van der Waals surface area (Å²) in [5, 5.41) is 5.51. The van der Waals surface area contributed by atoms with E-state index in [2.05, 4.69) is 60.8 Å². The standard InChI is InChI=1S/C17H26N2OS/c1-4-9-18-12-15-7-8-16(20-15)13-19(3)14(2)11-17-6-5-10-21-17/h5-8,10,14,18H,4,9,11-13H2,1-3H3. The average Bonchev–Trinajstić information content (AvgIpc) is 3.11. The molecular weight excluding hydrogens is 280 g/mol. The predicted molar refractivity (Wildman–Crippen MR) is 89.7 cm³/mol. The highest BCUT2D eigenvalue weighted by atomic mass is 32.1. The number of rotatable bonds is 9. The zero-order valence-corrected chi connectivity index (χ0v) is 14.1. The fraction of sp³-hybridized carbons (Fsp3) is 0.529. The molecule has 0 bridgehead atoms. The highest BCUT2D eigenvalue weighted by Crippen LogP contribution is 2.16. The van der Waals surface area contributed by atoms with Gasteiger partial charge in [0.15, 0.2) is 0 Å². The normalized spacial score (nSPS) is 13.0. The predicted octanol–water partition coefficient (Wildman–Crippen LogP) is 3.90. The molecule has 0 fully saturated rings. The summed E-state index contributed by atoms with van der Waals surface area (Å²) in [7, 11) is 2.16. The molecule has 21 heavy (non-hydrogen) atoms. The SMILES string of the molecule is CCCNCc1ccc(CN(C)C(C)Cc2cccs2)o1. The summed E-state index contributed by atoms with van der Waals surface area (Å²) in [4.78, 5) is 3.79. The van der Waals surface area contributed by atoms with Crippen molar-refractivity contribution in [3.8, 4) is 0 Å². The number of thiophene rings is 1. The lowest BCUT2D eigenvalue weighted by Crippen LogP contribution is -2.30. The minimum Gasteiger partial charge on any atom is -0.463 e. The van der Waals surface area contributed by atoms with Gasteiger partial charge in [-0.15, -0.1) is 11.3 Å². The molecule has 0 amide bonds. The highest BCUT2D eigenvalue weighted by molar-refractivity contribution is 7.09. The zero-order chi connectivity index (χ0) is 15.1. The van der Waals surface area contributed by atoms with Crippen LogP contribution in [0.4, 0.5) is 0 Å². The van der Waals surface area contributed by atoms with Gasteiger partial charge in [0.05, 0.1) is 13.1 Å². The van der Waals surface area contributed by atoms with E-state index in [1.165, 1.54) is 4.88 Å². The molecule has 0 radical (unpaired) electrons. The van der Waals surface area contributed by atoms with Gasteiger partial charge in [0.25, 0.3) is 0 Å². The fourth-order valence-corrected chi connectivity index (χ4v) is 3.09. The van der Waals surface area contributed by atoms with E-state index in [0.29, 0.717) is 6.04 Å². The van der Waals surface area contributed by atoms with Crippen LogP contribution >= 0.6 is 11.3 Å². The Morgan fingerprint density at radius 1 is 1.29 bits per heavy atom. The van der Waals surface area contributed by atoms with Crippen molar-refractivity contribution in [2.24, 2.45) is 0 Å². The number of furan rings is 1. The number of hydrogen-bond acceptors (Lipinski definition) is 4. The number of likely N-dealkylation sites (N-methyl/N-ethyl adjacent to an activating group) is 1. The monoisotopic (exact) mass is 306 g/mol. The van der Waals surface area contributed by atoms with Crippen LogP contribution in [0.3, 0.4) is 0 Å². The van der Waals surface area contributed by atoms with Crippen molar-refractivity contribution in [3.05, 3.63) is 46.0 Å². The van der Waals surface area contributed by atoms with Crippen LogP contribution in [0.1, 0.15) is 36.7 Å². The summed E-state index contributed by atoms with van der Waals surface area (Å²) in [6.45, 7) is 7.16. The van der Waals surface area contributed by atoms with Crippen LogP contribution in [0, 0.1) is 0 Å². The Bertz CT molecular complexity index is 507. The van der Waals surface area contributed by atoms with Crippen molar-refractivity contribution in [1.82, 2.24) is 10.2 Å². The second-order valence-electron chi connectivity index (χ2n) is 5.59. The van der Waals surface area contributed by atoms with Crippen LogP contribution in [0.5, 0.6) is 0 Å². The lowest BCUT2D eigenvalue weighted by molar-refractivity contribution is 0.227. The molecule has 0 aliphatic carbocycles. The van der Waals surface area contributed by atoms with Gasteiger partial charge in [-0.2, -0.15) is 0 Å². The summed E-state index contributed by atoms with van der Waals surface area (Å²) >= 11 is 1.83. The van der Waals surface area contributed by atoms with Gasteiger partial charge in [0.2, 0.25) is 0 Å². The summed E-state index contributed by atoms with van der Waals surface area (Å²) < 4.78 is 5.88. The van der Waals surface area contributed by atoms with E-state index in [4.69, 9.17) is 4.42 Å². The van der Waals surface area contributed by atoms with Gasteiger partial charge in [-0.1, -0.05) is 13.0 Å². The van der Waals surface area contributed by atoms with E-state index in [1.807, 2.05) is 11.3 Å². The Balaban J connectivity index is 1.80. The lowest BCUT2D eigenvalue weighted by Gasteiger charge is -2.23. The van der Waals surface area contributed by atoms with Gasteiger partial charge in [0, 0.05) is 10.9 Å². The smallest absolute Gasteiger partial charge is 0.118 e. The first kappa shape index (κ1) is 16.3. The maximum Gasteiger partial charge on any atom is 0.118 e. The van der Waals surface area contributed by atoms with Crippen LogP contribution < -0.4 is 5.32 Å². The van der Waals surface area contributed by atoms with Gasteiger partial charge < -0.3 is 9.73 Å². The maximum atomic E-state index is 5.88. The molecule has 2 aromatic rings. The fourth-order valence-electron chi connectivity index (χ4n) is 2.27. The molecule has 1 N–H and O–H groups in total. The van der Waals surface area contributed by atoms with Crippen LogP contribution in [0.2, 0.25) is 0 Å². The molecule has 0 aliphatic heterocycles. The van der Waals surface area contributed by atoms with E-state index >= 15 is 0 Å². The van der Waals surface area contributed by atoms with Crippen molar-refractivity contribution in [2.75, 3.05) is 13.6 Å². The van der Waals surface area contributed by atoms with Crippen molar-refractivity contribution >= 4 is 11.3 Å². The molecule has 4 heteroatoms. The number of nitrogens with zero attached hydrogens (tertiary/aromatic N) is 1. The lowest BCUT2D eigenvalue weighted by atomic mass is 10.2. The summed E-state index contributed by atoms with van der Waals surface area (Å²) in [6, 6.07) is 9.01. The molecule has 116 valence electrons. The Labute approximate surface area is 132 Å². The van der Waals surface area contributed by atoms with Crippen LogP contribution in [0.15, 0.2) is 34.1 Å². The molecular formula is C17H26N2OS. The molecule has 2 heterocycles. The van der Waals surface area contributed by atoms with E-state index in [0.717, 1.165) is 44.0 Å². The van der Waals surface area contributed by atoms with Gasteiger partial charge in [-0.25, -0.2) is 0 Å². The maximum absolute atomic E-state index is 5.88. The Kier molecular flexibility index (Phi) is 6.49. The van der Waals surface area contributed by atoms with Crippen molar-refractivity contribution in [1.29, 1.82) is 0 Å². The molecule has 0 aliphatic rings. The Morgan fingerprint density at radius 3 is 2.81 bits per heavy atom. The molecule has 0 saturated heterocycles. The third-order valence-electron chi connectivity index (χ3n) is 3.68. The molecule has 2 rings (SSSR count). The van der Waals surface area contributed by atoms with E-state index < -0.39 is 0 Å². The first-order valence-electron chi connectivity index (χ1n) is 7.70. The Hall–Kier alpha value is -1.10. The molecule has 3 nitrogen and oxygen atoms in total. The minimum atomic E-state index is 0.510. The number of hydrogen-bond donors (Lipinski definition) is 1. The second-order valence-corrected chi connectivity index (χ2v) is 6.62.